The molecule has 1 aliphatic heterocycles. The van der Waals surface area contributed by atoms with Crippen LogP contribution in [0.2, 0.25) is 0 Å². The van der Waals surface area contributed by atoms with Crippen LogP contribution in [0.15, 0.2) is 18.3 Å². The minimum absolute atomic E-state index is 0.455. The SMILES string of the molecule is COc1ncccc1NC(C)C1CCN(C)CC1. The number of anilines is 1. The molecule has 4 nitrogen and oxygen atoms in total. The van der Waals surface area contributed by atoms with Gasteiger partial charge in [0.15, 0.2) is 0 Å². The van der Waals surface area contributed by atoms with Gasteiger partial charge in [-0.1, -0.05) is 0 Å². The highest BCUT2D eigenvalue weighted by Crippen LogP contribution is 2.26. The zero-order chi connectivity index (χ0) is 13.0. The molecule has 1 unspecified atom stereocenters. The van der Waals surface area contributed by atoms with Gasteiger partial charge in [0.1, 0.15) is 0 Å². The molecule has 0 bridgehead atoms. The van der Waals surface area contributed by atoms with E-state index in [9.17, 15) is 0 Å². The molecule has 1 N–H and O–H groups in total. The summed E-state index contributed by atoms with van der Waals surface area (Å²) in [7, 11) is 3.85. The van der Waals surface area contributed by atoms with Crippen molar-refractivity contribution in [3.8, 4) is 5.88 Å². The number of hydrogen-bond donors (Lipinski definition) is 1. The summed E-state index contributed by atoms with van der Waals surface area (Å²) in [5, 5.41) is 3.54. The molecule has 0 aliphatic carbocycles. The molecule has 1 saturated heterocycles. The number of pyridine rings is 1. The fourth-order valence-corrected chi connectivity index (χ4v) is 2.56. The summed E-state index contributed by atoms with van der Waals surface area (Å²) in [5.74, 6) is 1.41. The number of aromatic nitrogens is 1. The van der Waals surface area contributed by atoms with Crippen molar-refractivity contribution in [1.82, 2.24) is 9.88 Å². The van der Waals surface area contributed by atoms with E-state index in [-0.39, 0.29) is 0 Å². The lowest BCUT2D eigenvalue weighted by Crippen LogP contribution is -2.37. The minimum atomic E-state index is 0.455. The lowest BCUT2D eigenvalue weighted by atomic mass is 9.90. The van der Waals surface area contributed by atoms with Crippen LogP contribution in [0.3, 0.4) is 0 Å². The van der Waals surface area contributed by atoms with Gasteiger partial charge in [0.25, 0.3) is 0 Å². The van der Waals surface area contributed by atoms with Crippen molar-refractivity contribution >= 4 is 5.69 Å². The summed E-state index contributed by atoms with van der Waals surface area (Å²) in [6.45, 7) is 4.64. The molecule has 100 valence electrons. The van der Waals surface area contributed by atoms with E-state index in [1.54, 1.807) is 13.3 Å². The van der Waals surface area contributed by atoms with E-state index >= 15 is 0 Å². The topological polar surface area (TPSA) is 37.4 Å². The number of likely N-dealkylation sites (tertiary alicyclic amines) is 1. The van der Waals surface area contributed by atoms with Crippen LogP contribution in [-0.4, -0.2) is 43.2 Å². The summed E-state index contributed by atoms with van der Waals surface area (Å²) in [4.78, 5) is 6.61. The van der Waals surface area contributed by atoms with Gasteiger partial charge in [-0.3, -0.25) is 0 Å². The normalized spacial score (nSPS) is 19.5. The molecule has 0 radical (unpaired) electrons. The summed E-state index contributed by atoms with van der Waals surface area (Å²) < 4.78 is 5.27. The summed E-state index contributed by atoms with van der Waals surface area (Å²) >= 11 is 0. The second-order valence-electron chi connectivity index (χ2n) is 5.13. The van der Waals surface area contributed by atoms with Crippen LogP contribution in [0.1, 0.15) is 19.8 Å². The average molecular weight is 249 g/mol. The van der Waals surface area contributed by atoms with Gasteiger partial charge in [-0.25, -0.2) is 4.98 Å². The van der Waals surface area contributed by atoms with E-state index in [0.717, 1.165) is 11.6 Å². The van der Waals surface area contributed by atoms with Gasteiger partial charge in [-0.15, -0.1) is 0 Å². The third kappa shape index (κ3) is 3.13. The number of piperidine rings is 1. The first-order valence-electron chi connectivity index (χ1n) is 6.65. The molecule has 0 saturated carbocycles. The predicted octanol–water partition coefficient (Wildman–Crippen LogP) is 2.23. The van der Waals surface area contributed by atoms with E-state index in [4.69, 9.17) is 4.74 Å². The predicted molar refractivity (Wildman–Crippen MR) is 74.1 cm³/mol. The third-order valence-corrected chi connectivity index (χ3v) is 3.82. The van der Waals surface area contributed by atoms with Gasteiger partial charge in [0.05, 0.1) is 12.8 Å². The smallest absolute Gasteiger partial charge is 0.237 e. The fourth-order valence-electron chi connectivity index (χ4n) is 2.56. The number of hydrogen-bond acceptors (Lipinski definition) is 4. The molecule has 2 rings (SSSR count). The summed E-state index contributed by atoms with van der Waals surface area (Å²) in [6, 6.07) is 4.42. The van der Waals surface area contributed by atoms with Crippen LogP contribution in [0.25, 0.3) is 0 Å². The van der Waals surface area contributed by atoms with Crippen molar-refractivity contribution < 1.29 is 4.74 Å². The van der Waals surface area contributed by atoms with Crippen molar-refractivity contribution in [1.29, 1.82) is 0 Å². The van der Waals surface area contributed by atoms with Crippen LogP contribution in [0, 0.1) is 5.92 Å². The van der Waals surface area contributed by atoms with E-state index < -0.39 is 0 Å². The van der Waals surface area contributed by atoms with Crippen LogP contribution in [0.4, 0.5) is 5.69 Å². The Labute approximate surface area is 109 Å². The molecule has 1 aliphatic rings. The average Bonchev–Trinajstić information content (AvgIpc) is 2.40. The monoisotopic (exact) mass is 249 g/mol. The quantitative estimate of drug-likeness (QED) is 0.888. The standard InChI is InChI=1S/C14H23N3O/c1-11(12-6-9-17(2)10-7-12)16-13-5-4-8-15-14(13)18-3/h4-5,8,11-12,16H,6-7,9-10H2,1-3H3. The van der Waals surface area contributed by atoms with E-state index in [1.807, 2.05) is 12.1 Å². The lowest BCUT2D eigenvalue weighted by molar-refractivity contribution is 0.208. The third-order valence-electron chi connectivity index (χ3n) is 3.82. The largest absolute Gasteiger partial charge is 0.480 e. The Kier molecular flexibility index (Phi) is 4.42. The number of nitrogens with zero attached hydrogens (tertiary/aromatic N) is 2. The maximum Gasteiger partial charge on any atom is 0.237 e. The second-order valence-corrected chi connectivity index (χ2v) is 5.13. The van der Waals surface area contributed by atoms with Crippen LogP contribution >= 0.6 is 0 Å². The number of nitrogens with one attached hydrogen (secondary N) is 1. The highest BCUT2D eigenvalue weighted by Gasteiger charge is 2.22. The molecular weight excluding hydrogens is 226 g/mol. The highest BCUT2D eigenvalue weighted by atomic mass is 16.5. The van der Waals surface area contributed by atoms with Gasteiger partial charge in [0.2, 0.25) is 5.88 Å². The molecule has 0 amide bonds. The van der Waals surface area contributed by atoms with E-state index in [2.05, 4.69) is 29.2 Å². The van der Waals surface area contributed by atoms with Crippen molar-refractivity contribution in [3.05, 3.63) is 18.3 Å². The van der Waals surface area contributed by atoms with Crippen LogP contribution in [0.5, 0.6) is 5.88 Å². The molecule has 1 fully saturated rings. The number of rotatable bonds is 4. The zero-order valence-electron chi connectivity index (χ0n) is 11.5. The molecule has 2 heterocycles. The summed E-state index contributed by atoms with van der Waals surface area (Å²) in [6.07, 6.45) is 4.27. The molecule has 18 heavy (non-hydrogen) atoms. The van der Waals surface area contributed by atoms with Gasteiger partial charge in [0, 0.05) is 12.2 Å². The Morgan fingerprint density at radius 2 is 2.17 bits per heavy atom. The van der Waals surface area contributed by atoms with Gasteiger partial charge in [-0.2, -0.15) is 0 Å². The van der Waals surface area contributed by atoms with Crippen molar-refractivity contribution in [2.24, 2.45) is 5.92 Å². The molecule has 1 aromatic rings. The zero-order valence-corrected chi connectivity index (χ0v) is 11.5. The molecular formula is C14H23N3O. The van der Waals surface area contributed by atoms with E-state index in [0.29, 0.717) is 11.9 Å². The first-order chi connectivity index (χ1) is 8.70. The van der Waals surface area contributed by atoms with Gasteiger partial charge in [-0.05, 0) is 58.0 Å². The Bertz CT molecular complexity index is 375. The summed E-state index contributed by atoms with van der Waals surface area (Å²) in [5.41, 5.74) is 0.992. The number of ether oxygens (including phenoxy) is 1. The fraction of sp³-hybridized carbons (Fsp3) is 0.643. The van der Waals surface area contributed by atoms with Gasteiger partial charge >= 0.3 is 0 Å². The molecule has 4 heteroatoms. The molecule has 1 atom stereocenters. The minimum Gasteiger partial charge on any atom is -0.480 e. The molecule has 0 spiro atoms. The first kappa shape index (κ1) is 13.1. The molecule has 0 aromatic carbocycles. The van der Waals surface area contributed by atoms with Crippen molar-refractivity contribution in [2.75, 3.05) is 32.6 Å². The number of methoxy groups -OCH3 is 1. The Morgan fingerprint density at radius 3 is 2.83 bits per heavy atom. The Balaban J connectivity index is 1.96. The highest BCUT2D eigenvalue weighted by molar-refractivity contribution is 5.52. The van der Waals surface area contributed by atoms with E-state index in [1.165, 1.54) is 25.9 Å². The van der Waals surface area contributed by atoms with Crippen LogP contribution in [-0.2, 0) is 0 Å². The van der Waals surface area contributed by atoms with Crippen molar-refractivity contribution in [2.45, 2.75) is 25.8 Å². The maximum atomic E-state index is 5.27. The lowest BCUT2D eigenvalue weighted by Gasteiger charge is -2.33. The van der Waals surface area contributed by atoms with Crippen LogP contribution < -0.4 is 10.1 Å². The van der Waals surface area contributed by atoms with Gasteiger partial charge < -0.3 is 15.0 Å². The maximum absolute atomic E-state index is 5.27. The second kappa shape index (κ2) is 6.05. The molecule has 1 aromatic heterocycles. The van der Waals surface area contributed by atoms with Crippen molar-refractivity contribution in [3.63, 3.8) is 0 Å². The Hall–Kier alpha value is -1.29. The Morgan fingerprint density at radius 1 is 1.44 bits per heavy atom. The first-order valence-corrected chi connectivity index (χ1v) is 6.65.